The predicted molar refractivity (Wildman–Crippen MR) is 67.5 cm³/mol. The van der Waals surface area contributed by atoms with Crippen LogP contribution in [0.2, 0.25) is 0 Å². The number of carboxylic acids is 1. The van der Waals surface area contributed by atoms with Crippen molar-refractivity contribution >= 4 is 18.0 Å². The number of nitrogens with two attached hydrogens (primary N) is 1. The third-order valence-electron chi connectivity index (χ3n) is 3.27. The number of amides is 4. The van der Waals surface area contributed by atoms with Crippen molar-refractivity contribution in [3.8, 4) is 0 Å². The molecular weight excluding hydrogens is 252 g/mol. The molecule has 8 heteroatoms. The SMILES string of the molecule is NC(=O)NCCNC(=O)NCC1(CC(=O)O)CCC1. The Morgan fingerprint density at radius 1 is 1.11 bits per heavy atom. The molecule has 0 atom stereocenters. The maximum atomic E-state index is 11.4. The molecule has 1 aliphatic carbocycles. The number of carboxylic acid groups (broad SMARTS) is 1. The molecule has 0 saturated heterocycles. The van der Waals surface area contributed by atoms with Crippen LogP contribution in [0.5, 0.6) is 0 Å². The normalized spacial score (nSPS) is 16.0. The third-order valence-corrected chi connectivity index (χ3v) is 3.27. The van der Waals surface area contributed by atoms with Gasteiger partial charge in [0.25, 0.3) is 0 Å². The average molecular weight is 272 g/mol. The second-order valence-electron chi connectivity index (χ2n) is 4.82. The maximum absolute atomic E-state index is 11.4. The lowest BCUT2D eigenvalue weighted by molar-refractivity contribution is -0.141. The molecule has 6 N–H and O–H groups in total. The van der Waals surface area contributed by atoms with Gasteiger partial charge >= 0.3 is 18.0 Å². The molecule has 0 radical (unpaired) electrons. The van der Waals surface area contributed by atoms with Gasteiger partial charge < -0.3 is 26.8 Å². The van der Waals surface area contributed by atoms with Crippen LogP contribution < -0.4 is 21.7 Å². The molecular formula is C11H20N4O4. The highest BCUT2D eigenvalue weighted by Gasteiger charge is 2.39. The summed E-state index contributed by atoms with van der Waals surface area (Å²) < 4.78 is 0. The zero-order valence-corrected chi connectivity index (χ0v) is 10.7. The third kappa shape index (κ3) is 5.45. The smallest absolute Gasteiger partial charge is 0.314 e. The van der Waals surface area contributed by atoms with E-state index in [9.17, 15) is 14.4 Å². The minimum absolute atomic E-state index is 0.0799. The van der Waals surface area contributed by atoms with Crippen LogP contribution in [0.4, 0.5) is 9.59 Å². The lowest BCUT2D eigenvalue weighted by Crippen LogP contribution is -2.47. The van der Waals surface area contributed by atoms with E-state index in [0.717, 1.165) is 19.3 Å². The summed E-state index contributed by atoms with van der Waals surface area (Å²) in [6, 6.07) is -1.01. The Hall–Kier alpha value is -1.99. The van der Waals surface area contributed by atoms with Crippen molar-refractivity contribution in [2.45, 2.75) is 25.7 Å². The van der Waals surface area contributed by atoms with Crippen molar-refractivity contribution < 1.29 is 19.5 Å². The molecule has 8 nitrogen and oxygen atoms in total. The van der Waals surface area contributed by atoms with E-state index >= 15 is 0 Å². The van der Waals surface area contributed by atoms with Crippen molar-refractivity contribution in [3.63, 3.8) is 0 Å². The highest BCUT2D eigenvalue weighted by Crippen LogP contribution is 2.43. The maximum Gasteiger partial charge on any atom is 0.314 e. The monoisotopic (exact) mass is 272 g/mol. The van der Waals surface area contributed by atoms with Gasteiger partial charge in [0.1, 0.15) is 0 Å². The molecule has 1 rings (SSSR count). The molecule has 0 bridgehead atoms. The molecule has 0 spiro atoms. The Bertz CT molecular complexity index is 355. The molecule has 108 valence electrons. The Labute approximate surface area is 111 Å². The summed E-state index contributed by atoms with van der Waals surface area (Å²) in [4.78, 5) is 32.6. The van der Waals surface area contributed by atoms with Gasteiger partial charge in [-0.3, -0.25) is 4.79 Å². The lowest BCUT2D eigenvalue weighted by Gasteiger charge is -2.40. The number of aliphatic carboxylic acids is 1. The molecule has 0 heterocycles. The van der Waals surface area contributed by atoms with Crippen LogP contribution in [-0.4, -0.2) is 42.8 Å². The highest BCUT2D eigenvalue weighted by molar-refractivity contribution is 5.74. The zero-order chi connectivity index (χ0) is 14.3. The average Bonchev–Trinajstić information content (AvgIpc) is 2.27. The van der Waals surface area contributed by atoms with Crippen molar-refractivity contribution in [1.82, 2.24) is 16.0 Å². The first-order valence-corrected chi connectivity index (χ1v) is 6.20. The number of carbonyl (C=O) groups is 3. The zero-order valence-electron chi connectivity index (χ0n) is 10.7. The molecule has 1 saturated carbocycles. The fourth-order valence-corrected chi connectivity index (χ4v) is 2.11. The summed E-state index contributed by atoms with van der Waals surface area (Å²) in [6.45, 7) is 0.873. The van der Waals surface area contributed by atoms with Crippen LogP contribution in [0, 0.1) is 5.41 Å². The fraction of sp³-hybridized carbons (Fsp3) is 0.727. The molecule has 19 heavy (non-hydrogen) atoms. The van der Waals surface area contributed by atoms with Gasteiger partial charge in [0.15, 0.2) is 0 Å². The van der Waals surface area contributed by atoms with E-state index < -0.39 is 12.0 Å². The number of carbonyl (C=O) groups excluding carboxylic acids is 2. The Morgan fingerprint density at radius 2 is 1.74 bits per heavy atom. The van der Waals surface area contributed by atoms with Gasteiger partial charge in [-0.1, -0.05) is 6.42 Å². The largest absolute Gasteiger partial charge is 0.481 e. The van der Waals surface area contributed by atoms with Crippen LogP contribution in [0.3, 0.4) is 0 Å². The first-order chi connectivity index (χ1) is 8.93. The summed E-state index contributed by atoms with van der Waals surface area (Å²) in [6.07, 6.45) is 2.72. The van der Waals surface area contributed by atoms with Crippen LogP contribution >= 0.6 is 0 Å². The molecule has 0 aromatic heterocycles. The van der Waals surface area contributed by atoms with Gasteiger partial charge in [0, 0.05) is 19.6 Å². The van der Waals surface area contributed by atoms with E-state index in [1.807, 2.05) is 0 Å². The van der Waals surface area contributed by atoms with Crippen molar-refractivity contribution in [1.29, 1.82) is 0 Å². The van der Waals surface area contributed by atoms with Gasteiger partial charge in [-0.2, -0.15) is 0 Å². The Morgan fingerprint density at radius 3 is 2.21 bits per heavy atom. The summed E-state index contributed by atoms with van der Waals surface area (Å²) in [5.74, 6) is -0.840. The first kappa shape index (κ1) is 15.1. The first-order valence-electron chi connectivity index (χ1n) is 6.20. The van der Waals surface area contributed by atoms with Crippen molar-refractivity contribution in [3.05, 3.63) is 0 Å². The quantitative estimate of drug-likeness (QED) is 0.403. The van der Waals surface area contributed by atoms with Crippen LogP contribution in [0.25, 0.3) is 0 Å². The van der Waals surface area contributed by atoms with Gasteiger partial charge in [-0.15, -0.1) is 0 Å². The summed E-state index contributed by atoms with van der Waals surface area (Å²) in [7, 11) is 0. The predicted octanol–water partition coefficient (Wildman–Crippen LogP) is -0.401. The van der Waals surface area contributed by atoms with Crippen molar-refractivity contribution in [2.24, 2.45) is 11.1 Å². The summed E-state index contributed by atoms with van der Waals surface area (Å²) in [5.41, 5.74) is 4.57. The van der Waals surface area contributed by atoms with Gasteiger partial charge in [0.2, 0.25) is 0 Å². The molecule has 4 amide bonds. The number of urea groups is 2. The van der Waals surface area contributed by atoms with Crippen LogP contribution in [-0.2, 0) is 4.79 Å². The molecule has 0 aliphatic heterocycles. The molecule has 1 aliphatic rings. The van der Waals surface area contributed by atoms with Gasteiger partial charge in [-0.05, 0) is 18.3 Å². The Balaban J connectivity index is 2.18. The van der Waals surface area contributed by atoms with E-state index in [0.29, 0.717) is 6.54 Å². The number of hydrogen-bond donors (Lipinski definition) is 5. The second kappa shape index (κ2) is 6.81. The minimum atomic E-state index is -0.840. The van der Waals surface area contributed by atoms with E-state index in [1.165, 1.54) is 0 Å². The topological polar surface area (TPSA) is 134 Å². The van der Waals surface area contributed by atoms with E-state index in [4.69, 9.17) is 10.8 Å². The van der Waals surface area contributed by atoms with Crippen LogP contribution in [0.1, 0.15) is 25.7 Å². The molecule has 0 aromatic carbocycles. The highest BCUT2D eigenvalue weighted by atomic mass is 16.4. The number of primary amides is 1. The number of nitrogens with one attached hydrogen (secondary N) is 3. The number of hydrogen-bond acceptors (Lipinski definition) is 3. The lowest BCUT2D eigenvalue weighted by atomic mass is 9.66. The van der Waals surface area contributed by atoms with E-state index in [2.05, 4.69) is 16.0 Å². The van der Waals surface area contributed by atoms with Gasteiger partial charge in [0.05, 0.1) is 6.42 Å². The van der Waals surface area contributed by atoms with Crippen LogP contribution in [0.15, 0.2) is 0 Å². The fourth-order valence-electron chi connectivity index (χ4n) is 2.11. The summed E-state index contributed by atoms with van der Waals surface area (Å²) in [5, 5.41) is 16.4. The van der Waals surface area contributed by atoms with Crippen molar-refractivity contribution in [2.75, 3.05) is 19.6 Å². The van der Waals surface area contributed by atoms with E-state index in [-0.39, 0.29) is 31.0 Å². The molecule has 0 aromatic rings. The molecule has 1 fully saturated rings. The number of rotatable bonds is 7. The standard InChI is InChI=1S/C11H20N4O4/c12-9(18)13-4-5-14-10(19)15-7-11(2-1-3-11)6-8(16)17/h1-7H2,(H,16,17)(H3,12,13,18)(H2,14,15,19). The molecule has 0 unspecified atom stereocenters. The van der Waals surface area contributed by atoms with Gasteiger partial charge in [-0.25, -0.2) is 9.59 Å². The summed E-state index contributed by atoms with van der Waals surface area (Å²) >= 11 is 0. The van der Waals surface area contributed by atoms with E-state index in [1.54, 1.807) is 0 Å². The Kier molecular flexibility index (Phi) is 5.40. The minimum Gasteiger partial charge on any atom is -0.481 e. The second-order valence-corrected chi connectivity index (χ2v) is 4.82.